The molecule has 0 aliphatic heterocycles. The summed E-state index contributed by atoms with van der Waals surface area (Å²) in [6.07, 6.45) is 7.72. The maximum Gasteiger partial charge on any atom is 0.220 e. The Hall–Kier alpha value is -0.570. The Morgan fingerprint density at radius 1 is 1.40 bits per heavy atom. The smallest absolute Gasteiger partial charge is 0.220 e. The van der Waals surface area contributed by atoms with Crippen LogP contribution in [-0.4, -0.2) is 23.7 Å². The summed E-state index contributed by atoms with van der Waals surface area (Å²) in [4.78, 5) is 11.6. The fraction of sp³-hybridized carbons (Fsp3) is 0.917. The summed E-state index contributed by atoms with van der Waals surface area (Å²) in [5.74, 6) is 0.692. The van der Waals surface area contributed by atoms with E-state index in [1.54, 1.807) is 0 Å². The fourth-order valence-corrected chi connectivity index (χ4v) is 2.22. The quantitative estimate of drug-likeness (QED) is 0.732. The van der Waals surface area contributed by atoms with Gasteiger partial charge in [0.05, 0.1) is 12.6 Å². The van der Waals surface area contributed by atoms with Crippen molar-refractivity contribution in [3.05, 3.63) is 0 Å². The highest BCUT2D eigenvalue weighted by atomic mass is 16.3. The van der Waals surface area contributed by atoms with Crippen molar-refractivity contribution in [1.82, 2.24) is 5.32 Å². The van der Waals surface area contributed by atoms with Crippen LogP contribution in [0.25, 0.3) is 0 Å². The zero-order valence-corrected chi connectivity index (χ0v) is 9.67. The molecule has 0 spiro atoms. The first-order valence-electron chi connectivity index (χ1n) is 6.16. The van der Waals surface area contributed by atoms with Crippen molar-refractivity contribution in [2.45, 2.75) is 57.9 Å². The lowest BCUT2D eigenvalue weighted by atomic mass is 9.87. The van der Waals surface area contributed by atoms with Gasteiger partial charge in [0.15, 0.2) is 0 Å². The molecular formula is C12H23NO2. The topological polar surface area (TPSA) is 49.3 Å². The molecule has 1 aliphatic carbocycles. The third-order valence-electron chi connectivity index (χ3n) is 3.28. The van der Waals surface area contributed by atoms with Crippen molar-refractivity contribution in [2.24, 2.45) is 5.92 Å². The Bertz CT molecular complexity index is 184. The van der Waals surface area contributed by atoms with E-state index in [0.717, 1.165) is 6.42 Å². The van der Waals surface area contributed by atoms with E-state index in [4.69, 9.17) is 5.11 Å². The van der Waals surface area contributed by atoms with Crippen molar-refractivity contribution in [2.75, 3.05) is 6.61 Å². The second-order valence-electron chi connectivity index (χ2n) is 4.56. The SMILES string of the molecule is CCC(CO)NC(=O)CC1CCCCC1. The van der Waals surface area contributed by atoms with E-state index >= 15 is 0 Å². The fourth-order valence-electron chi connectivity index (χ4n) is 2.22. The molecule has 0 aromatic heterocycles. The minimum absolute atomic E-state index is 0.0485. The number of hydrogen-bond acceptors (Lipinski definition) is 2. The van der Waals surface area contributed by atoms with Gasteiger partial charge in [0.1, 0.15) is 0 Å². The van der Waals surface area contributed by atoms with Crippen LogP contribution < -0.4 is 5.32 Å². The van der Waals surface area contributed by atoms with Crippen LogP contribution in [0.15, 0.2) is 0 Å². The van der Waals surface area contributed by atoms with Crippen molar-refractivity contribution in [1.29, 1.82) is 0 Å². The average Bonchev–Trinajstić information content (AvgIpc) is 2.27. The summed E-state index contributed by atoms with van der Waals surface area (Å²) >= 11 is 0. The van der Waals surface area contributed by atoms with Gasteiger partial charge in [-0.2, -0.15) is 0 Å². The monoisotopic (exact) mass is 213 g/mol. The average molecular weight is 213 g/mol. The molecule has 0 radical (unpaired) electrons. The minimum atomic E-state index is -0.0545. The number of hydrogen-bond donors (Lipinski definition) is 2. The van der Waals surface area contributed by atoms with Gasteiger partial charge in [-0.1, -0.05) is 26.2 Å². The molecule has 2 N–H and O–H groups in total. The van der Waals surface area contributed by atoms with Crippen LogP contribution in [-0.2, 0) is 4.79 Å². The Labute approximate surface area is 92.3 Å². The molecule has 1 atom stereocenters. The summed E-state index contributed by atoms with van der Waals surface area (Å²) in [7, 11) is 0. The van der Waals surface area contributed by atoms with Crippen LogP contribution in [0.5, 0.6) is 0 Å². The van der Waals surface area contributed by atoms with Gasteiger partial charge in [0.25, 0.3) is 0 Å². The number of carbonyl (C=O) groups is 1. The molecular weight excluding hydrogens is 190 g/mol. The molecule has 1 rings (SSSR count). The second-order valence-corrected chi connectivity index (χ2v) is 4.56. The third-order valence-corrected chi connectivity index (χ3v) is 3.28. The predicted molar refractivity (Wildman–Crippen MR) is 60.5 cm³/mol. The van der Waals surface area contributed by atoms with Gasteiger partial charge in [-0.05, 0) is 25.2 Å². The number of rotatable bonds is 5. The van der Waals surface area contributed by atoms with E-state index in [1.165, 1.54) is 32.1 Å². The van der Waals surface area contributed by atoms with E-state index in [2.05, 4.69) is 5.32 Å². The number of carbonyl (C=O) groups excluding carboxylic acids is 1. The molecule has 1 aliphatic rings. The van der Waals surface area contributed by atoms with E-state index in [0.29, 0.717) is 12.3 Å². The maximum atomic E-state index is 11.6. The highest BCUT2D eigenvalue weighted by Gasteiger charge is 2.18. The zero-order chi connectivity index (χ0) is 11.1. The lowest BCUT2D eigenvalue weighted by molar-refractivity contribution is -0.123. The number of amides is 1. The van der Waals surface area contributed by atoms with E-state index in [1.807, 2.05) is 6.92 Å². The molecule has 1 fully saturated rings. The molecule has 88 valence electrons. The molecule has 0 aromatic rings. The van der Waals surface area contributed by atoms with Gasteiger partial charge < -0.3 is 10.4 Å². The van der Waals surface area contributed by atoms with Gasteiger partial charge in [-0.15, -0.1) is 0 Å². The molecule has 3 nitrogen and oxygen atoms in total. The van der Waals surface area contributed by atoms with Gasteiger partial charge in [0, 0.05) is 6.42 Å². The highest BCUT2D eigenvalue weighted by Crippen LogP contribution is 2.26. The molecule has 1 saturated carbocycles. The van der Waals surface area contributed by atoms with Gasteiger partial charge in [0.2, 0.25) is 5.91 Å². The molecule has 0 heterocycles. The molecule has 3 heteroatoms. The van der Waals surface area contributed by atoms with E-state index in [-0.39, 0.29) is 18.6 Å². The Morgan fingerprint density at radius 3 is 2.60 bits per heavy atom. The first-order chi connectivity index (χ1) is 7.26. The summed E-state index contributed by atoms with van der Waals surface area (Å²) in [6.45, 7) is 2.02. The number of aliphatic hydroxyl groups is 1. The molecule has 1 unspecified atom stereocenters. The standard InChI is InChI=1S/C12H23NO2/c1-2-11(9-14)13-12(15)8-10-6-4-3-5-7-10/h10-11,14H,2-9H2,1H3,(H,13,15). The molecule has 0 saturated heterocycles. The molecule has 1 amide bonds. The minimum Gasteiger partial charge on any atom is -0.394 e. The van der Waals surface area contributed by atoms with E-state index in [9.17, 15) is 4.79 Å². The Kier molecular flexibility index (Phi) is 5.69. The molecule has 15 heavy (non-hydrogen) atoms. The van der Waals surface area contributed by atoms with Crippen LogP contribution in [0.1, 0.15) is 51.9 Å². The van der Waals surface area contributed by atoms with E-state index < -0.39 is 0 Å². The summed E-state index contributed by atoms with van der Waals surface area (Å²) < 4.78 is 0. The third kappa shape index (κ3) is 4.65. The number of nitrogens with one attached hydrogen (secondary N) is 1. The highest BCUT2D eigenvalue weighted by molar-refractivity contribution is 5.76. The van der Waals surface area contributed by atoms with Crippen LogP contribution >= 0.6 is 0 Å². The first kappa shape index (κ1) is 12.5. The zero-order valence-electron chi connectivity index (χ0n) is 9.67. The summed E-state index contributed by atoms with van der Waals surface area (Å²) in [5, 5.41) is 11.8. The van der Waals surface area contributed by atoms with Crippen molar-refractivity contribution >= 4 is 5.91 Å². The lowest BCUT2D eigenvalue weighted by Gasteiger charge is -2.22. The van der Waals surface area contributed by atoms with Crippen LogP contribution in [0.4, 0.5) is 0 Å². The van der Waals surface area contributed by atoms with Crippen molar-refractivity contribution < 1.29 is 9.90 Å². The van der Waals surface area contributed by atoms with Crippen molar-refractivity contribution in [3.63, 3.8) is 0 Å². The van der Waals surface area contributed by atoms with Crippen LogP contribution in [0.2, 0.25) is 0 Å². The summed E-state index contributed by atoms with van der Waals surface area (Å²) in [5.41, 5.74) is 0. The normalized spacial score (nSPS) is 19.9. The first-order valence-corrected chi connectivity index (χ1v) is 6.16. The van der Waals surface area contributed by atoms with Gasteiger partial charge in [-0.25, -0.2) is 0 Å². The number of aliphatic hydroxyl groups excluding tert-OH is 1. The molecule has 0 bridgehead atoms. The van der Waals surface area contributed by atoms with Gasteiger partial charge >= 0.3 is 0 Å². The van der Waals surface area contributed by atoms with Crippen molar-refractivity contribution in [3.8, 4) is 0 Å². The Morgan fingerprint density at radius 2 is 2.07 bits per heavy atom. The largest absolute Gasteiger partial charge is 0.394 e. The summed E-state index contributed by atoms with van der Waals surface area (Å²) in [6, 6.07) is -0.0545. The molecule has 0 aromatic carbocycles. The Balaban J connectivity index is 2.21. The maximum absolute atomic E-state index is 11.6. The lowest BCUT2D eigenvalue weighted by Crippen LogP contribution is -2.37. The van der Waals surface area contributed by atoms with Crippen LogP contribution in [0.3, 0.4) is 0 Å². The second kappa shape index (κ2) is 6.83. The predicted octanol–water partition coefficient (Wildman–Crippen LogP) is 1.84. The van der Waals surface area contributed by atoms with Crippen LogP contribution in [0, 0.1) is 5.92 Å². The van der Waals surface area contributed by atoms with Gasteiger partial charge in [-0.3, -0.25) is 4.79 Å².